The van der Waals surface area contributed by atoms with Gasteiger partial charge in [0.15, 0.2) is 0 Å². The fourth-order valence-electron chi connectivity index (χ4n) is 2.26. The average Bonchev–Trinajstić information content (AvgIpc) is 2.80. The van der Waals surface area contributed by atoms with Gasteiger partial charge in [0, 0.05) is 12.6 Å². The highest BCUT2D eigenvalue weighted by Gasteiger charge is 2.38. The Morgan fingerprint density at radius 3 is 2.56 bits per heavy atom. The van der Waals surface area contributed by atoms with Gasteiger partial charge < -0.3 is 5.11 Å². The van der Waals surface area contributed by atoms with E-state index in [1.165, 1.54) is 4.31 Å². The minimum Gasteiger partial charge on any atom is -0.481 e. The van der Waals surface area contributed by atoms with Crippen molar-refractivity contribution in [1.82, 2.24) is 4.31 Å². The van der Waals surface area contributed by atoms with E-state index in [-0.39, 0.29) is 18.2 Å². The molecule has 1 unspecified atom stereocenters. The van der Waals surface area contributed by atoms with Crippen LogP contribution in [0.4, 0.5) is 0 Å². The molecule has 1 atom stereocenters. The van der Waals surface area contributed by atoms with Crippen LogP contribution >= 0.6 is 0 Å². The number of rotatable bonds is 5. The number of carboxylic acid groups (broad SMARTS) is 1. The summed E-state index contributed by atoms with van der Waals surface area (Å²) in [6, 6.07) is -0.318. The van der Waals surface area contributed by atoms with E-state index >= 15 is 0 Å². The van der Waals surface area contributed by atoms with Crippen LogP contribution in [0.15, 0.2) is 0 Å². The van der Waals surface area contributed by atoms with Crippen LogP contribution in [-0.4, -0.2) is 42.1 Å². The lowest BCUT2D eigenvalue weighted by atomic mass is 10.2. The van der Waals surface area contributed by atoms with E-state index in [9.17, 15) is 13.2 Å². The molecule has 1 saturated carbocycles. The van der Waals surface area contributed by atoms with E-state index in [1.807, 2.05) is 0 Å². The highest BCUT2D eigenvalue weighted by Crippen LogP contribution is 2.33. The highest BCUT2D eigenvalue weighted by molar-refractivity contribution is 7.89. The molecule has 92 valence electrons. The third-order valence-electron chi connectivity index (χ3n) is 3.23. The predicted octanol–water partition coefficient (Wildman–Crippen LogP) is 0.665. The molecule has 5 nitrogen and oxygen atoms in total. The van der Waals surface area contributed by atoms with E-state index in [0.29, 0.717) is 18.9 Å². The molecular formula is C10H17NO4S. The maximum absolute atomic E-state index is 12.0. The normalized spacial score (nSPS) is 27.1. The molecule has 2 aliphatic rings. The van der Waals surface area contributed by atoms with Gasteiger partial charge in [-0.05, 0) is 31.6 Å². The van der Waals surface area contributed by atoms with Gasteiger partial charge in [-0.2, -0.15) is 4.31 Å². The lowest BCUT2D eigenvalue weighted by Crippen LogP contribution is -2.38. The molecule has 1 heterocycles. The van der Waals surface area contributed by atoms with E-state index in [4.69, 9.17) is 5.11 Å². The van der Waals surface area contributed by atoms with Crippen LogP contribution in [0, 0.1) is 5.92 Å². The SMILES string of the molecule is O=C(O)CC1CCCN1S(=O)(=O)CC1CC1. The number of carboxylic acids is 1. The van der Waals surface area contributed by atoms with Gasteiger partial charge in [-0.3, -0.25) is 4.79 Å². The van der Waals surface area contributed by atoms with Crippen molar-refractivity contribution in [3.63, 3.8) is 0 Å². The fraction of sp³-hybridized carbons (Fsp3) is 0.900. The second-order valence-electron chi connectivity index (χ2n) is 4.73. The number of hydrogen-bond donors (Lipinski definition) is 1. The van der Waals surface area contributed by atoms with Gasteiger partial charge in [0.2, 0.25) is 10.0 Å². The third-order valence-corrected chi connectivity index (χ3v) is 5.32. The fourth-order valence-corrected chi connectivity index (χ4v) is 4.42. The first-order valence-corrected chi connectivity index (χ1v) is 7.31. The zero-order valence-corrected chi connectivity index (χ0v) is 9.95. The van der Waals surface area contributed by atoms with Gasteiger partial charge >= 0.3 is 5.97 Å². The molecule has 0 amide bonds. The number of aliphatic carboxylic acids is 1. The first-order valence-electron chi connectivity index (χ1n) is 5.70. The molecule has 0 aromatic rings. The number of nitrogens with zero attached hydrogens (tertiary/aromatic N) is 1. The van der Waals surface area contributed by atoms with E-state index < -0.39 is 16.0 Å². The number of hydrogen-bond acceptors (Lipinski definition) is 3. The minimum absolute atomic E-state index is 0.0656. The molecule has 1 aliphatic carbocycles. The third kappa shape index (κ3) is 2.74. The van der Waals surface area contributed by atoms with Crippen LogP contribution < -0.4 is 0 Å². The summed E-state index contributed by atoms with van der Waals surface area (Å²) in [5, 5.41) is 8.73. The summed E-state index contributed by atoms with van der Waals surface area (Å²) < 4.78 is 25.4. The lowest BCUT2D eigenvalue weighted by Gasteiger charge is -2.22. The smallest absolute Gasteiger partial charge is 0.304 e. The van der Waals surface area contributed by atoms with Crippen molar-refractivity contribution < 1.29 is 18.3 Å². The Labute approximate surface area is 95.5 Å². The van der Waals surface area contributed by atoms with Gasteiger partial charge in [-0.1, -0.05) is 0 Å². The second-order valence-corrected chi connectivity index (χ2v) is 6.69. The zero-order valence-electron chi connectivity index (χ0n) is 9.13. The molecule has 0 radical (unpaired) electrons. The molecule has 0 aromatic heterocycles. The van der Waals surface area contributed by atoms with E-state index in [0.717, 1.165) is 19.3 Å². The van der Waals surface area contributed by atoms with Gasteiger partial charge in [-0.25, -0.2) is 8.42 Å². The Hall–Kier alpha value is -0.620. The standard InChI is InChI=1S/C10H17NO4S/c12-10(13)6-9-2-1-5-11(9)16(14,15)7-8-3-4-8/h8-9H,1-7H2,(H,12,13). The average molecular weight is 247 g/mol. The van der Waals surface area contributed by atoms with Crippen LogP contribution in [0.25, 0.3) is 0 Å². The number of carbonyl (C=O) groups is 1. The predicted molar refractivity (Wildman–Crippen MR) is 58.5 cm³/mol. The van der Waals surface area contributed by atoms with Crippen molar-refractivity contribution in [1.29, 1.82) is 0 Å². The number of sulfonamides is 1. The van der Waals surface area contributed by atoms with Crippen LogP contribution in [0.3, 0.4) is 0 Å². The lowest BCUT2D eigenvalue weighted by molar-refractivity contribution is -0.137. The largest absolute Gasteiger partial charge is 0.481 e. The molecule has 1 saturated heterocycles. The molecule has 6 heteroatoms. The maximum atomic E-state index is 12.0. The van der Waals surface area contributed by atoms with Gasteiger partial charge in [0.1, 0.15) is 0 Å². The Morgan fingerprint density at radius 1 is 1.31 bits per heavy atom. The maximum Gasteiger partial charge on any atom is 0.304 e. The Morgan fingerprint density at radius 2 is 2.00 bits per heavy atom. The quantitative estimate of drug-likeness (QED) is 0.774. The van der Waals surface area contributed by atoms with Crippen molar-refractivity contribution in [3.8, 4) is 0 Å². The summed E-state index contributed by atoms with van der Waals surface area (Å²) in [4.78, 5) is 10.6. The first kappa shape index (κ1) is 11.9. The summed E-state index contributed by atoms with van der Waals surface area (Å²) >= 11 is 0. The molecule has 16 heavy (non-hydrogen) atoms. The Bertz CT molecular complexity index is 374. The van der Waals surface area contributed by atoms with Crippen molar-refractivity contribution >= 4 is 16.0 Å². The molecule has 2 fully saturated rings. The summed E-state index contributed by atoms with van der Waals surface area (Å²) in [6.07, 6.45) is 3.38. The zero-order chi connectivity index (χ0) is 11.8. The Kier molecular flexibility index (Phi) is 3.21. The molecule has 1 aliphatic heterocycles. The van der Waals surface area contributed by atoms with Crippen molar-refractivity contribution in [3.05, 3.63) is 0 Å². The highest BCUT2D eigenvalue weighted by atomic mass is 32.2. The van der Waals surface area contributed by atoms with Crippen LogP contribution in [0.5, 0.6) is 0 Å². The van der Waals surface area contributed by atoms with Gasteiger partial charge in [0.25, 0.3) is 0 Å². The van der Waals surface area contributed by atoms with Crippen LogP contribution in [-0.2, 0) is 14.8 Å². The van der Waals surface area contributed by atoms with E-state index in [1.54, 1.807) is 0 Å². The molecule has 0 aromatic carbocycles. The van der Waals surface area contributed by atoms with Gasteiger partial charge in [-0.15, -0.1) is 0 Å². The van der Waals surface area contributed by atoms with Crippen LogP contribution in [0.2, 0.25) is 0 Å². The van der Waals surface area contributed by atoms with Gasteiger partial charge in [0.05, 0.1) is 12.2 Å². The molecule has 0 bridgehead atoms. The van der Waals surface area contributed by atoms with E-state index in [2.05, 4.69) is 0 Å². The summed E-state index contributed by atoms with van der Waals surface area (Å²) in [7, 11) is -3.22. The molecular weight excluding hydrogens is 230 g/mol. The Balaban J connectivity index is 2.02. The van der Waals surface area contributed by atoms with Crippen molar-refractivity contribution in [2.45, 2.75) is 38.1 Å². The first-order chi connectivity index (χ1) is 7.49. The van der Waals surface area contributed by atoms with Crippen molar-refractivity contribution in [2.24, 2.45) is 5.92 Å². The van der Waals surface area contributed by atoms with Crippen molar-refractivity contribution in [2.75, 3.05) is 12.3 Å². The monoisotopic (exact) mass is 247 g/mol. The second kappa shape index (κ2) is 4.33. The summed E-state index contributed by atoms with van der Waals surface area (Å²) in [5.74, 6) is -0.391. The topological polar surface area (TPSA) is 74.7 Å². The summed E-state index contributed by atoms with van der Waals surface area (Å²) in [6.45, 7) is 0.493. The molecule has 1 N–H and O–H groups in total. The van der Waals surface area contributed by atoms with Crippen LogP contribution in [0.1, 0.15) is 32.1 Å². The molecule has 0 spiro atoms. The summed E-state index contributed by atoms with van der Waals surface area (Å²) in [5.41, 5.74) is 0. The minimum atomic E-state index is -3.22. The molecule has 2 rings (SSSR count).